The molecule has 0 fully saturated rings. The Bertz CT molecular complexity index is 3060. The van der Waals surface area contributed by atoms with Gasteiger partial charge >= 0.3 is 0 Å². The summed E-state index contributed by atoms with van der Waals surface area (Å²) >= 11 is 0. The molecule has 3 heterocycles. The molecule has 0 spiro atoms. The predicted octanol–water partition coefficient (Wildman–Crippen LogP) is 11.5. The highest BCUT2D eigenvalue weighted by Crippen LogP contribution is 2.38. The molecule has 10 aromatic rings. The van der Waals surface area contributed by atoms with Gasteiger partial charge in [-0.25, -0.2) is 29.9 Å². The molecule has 0 bridgehead atoms. The molecule has 3 aromatic heterocycles. The molecular weight excluding hydrogens is 703 g/mol. The maximum atomic E-state index is 9.40. The van der Waals surface area contributed by atoms with Crippen LogP contribution in [0.3, 0.4) is 0 Å². The fourth-order valence-corrected chi connectivity index (χ4v) is 7.01. The maximum absolute atomic E-state index is 9.40. The summed E-state index contributed by atoms with van der Waals surface area (Å²) in [6.45, 7) is 0. The highest BCUT2D eigenvalue weighted by Gasteiger charge is 2.19. The van der Waals surface area contributed by atoms with E-state index in [-0.39, 0.29) is 0 Å². The number of fused-ring (bicyclic) bond motifs is 3. The molecule has 8 nitrogen and oxygen atoms in total. The van der Waals surface area contributed by atoms with Crippen molar-refractivity contribution < 1.29 is 4.42 Å². The molecule has 10 rings (SSSR count). The van der Waals surface area contributed by atoms with Gasteiger partial charge < -0.3 is 4.42 Å². The summed E-state index contributed by atoms with van der Waals surface area (Å²) in [6, 6.07) is 59.6. The maximum Gasteiger partial charge on any atom is 0.164 e. The van der Waals surface area contributed by atoms with Crippen molar-refractivity contribution in [3.05, 3.63) is 181 Å². The lowest BCUT2D eigenvalue weighted by atomic mass is 10.0. The Kier molecular flexibility index (Phi) is 8.36. The zero-order valence-corrected chi connectivity index (χ0v) is 30.3. The minimum atomic E-state index is 0.518. The second-order valence-corrected chi connectivity index (χ2v) is 13.5. The predicted molar refractivity (Wildman–Crippen MR) is 223 cm³/mol. The Morgan fingerprint density at radius 3 is 1.37 bits per heavy atom. The molecule has 0 aliphatic rings. The van der Waals surface area contributed by atoms with E-state index < -0.39 is 0 Å². The molecule has 57 heavy (non-hydrogen) atoms. The van der Waals surface area contributed by atoms with E-state index in [2.05, 4.69) is 6.07 Å². The summed E-state index contributed by atoms with van der Waals surface area (Å²) in [7, 11) is 0. The number of hydrogen-bond acceptors (Lipinski definition) is 8. The largest absolute Gasteiger partial charge is 0.456 e. The van der Waals surface area contributed by atoms with Crippen molar-refractivity contribution in [2.24, 2.45) is 0 Å². The lowest BCUT2D eigenvalue weighted by molar-refractivity contribution is 0.669. The molecule has 0 aliphatic heterocycles. The Morgan fingerprint density at radius 1 is 0.351 bits per heavy atom. The van der Waals surface area contributed by atoms with Gasteiger partial charge in [-0.15, -0.1) is 0 Å². The molecular formula is C49H29N7O. The van der Waals surface area contributed by atoms with Gasteiger partial charge in [-0.1, -0.05) is 146 Å². The van der Waals surface area contributed by atoms with Crippen molar-refractivity contribution in [1.82, 2.24) is 29.9 Å². The van der Waals surface area contributed by atoms with Crippen LogP contribution in [0.2, 0.25) is 0 Å². The van der Waals surface area contributed by atoms with Crippen molar-refractivity contribution in [1.29, 1.82) is 5.26 Å². The van der Waals surface area contributed by atoms with Crippen LogP contribution in [0.15, 0.2) is 180 Å². The van der Waals surface area contributed by atoms with Gasteiger partial charge in [0.05, 0.1) is 11.6 Å². The van der Waals surface area contributed by atoms with Crippen LogP contribution in [0.25, 0.3) is 101 Å². The summed E-state index contributed by atoms with van der Waals surface area (Å²) < 4.78 is 6.55. The Labute approximate surface area is 327 Å². The van der Waals surface area contributed by atoms with Crippen molar-refractivity contribution in [2.45, 2.75) is 0 Å². The van der Waals surface area contributed by atoms with Crippen molar-refractivity contribution >= 4 is 21.9 Å². The van der Waals surface area contributed by atoms with Crippen LogP contribution in [0.1, 0.15) is 5.56 Å². The molecule has 7 aromatic carbocycles. The van der Waals surface area contributed by atoms with E-state index in [0.717, 1.165) is 55.3 Å². The molecule has 0 amide bonds. The normalized spacial score (nSPS) is 11.1. The first-order valence-corrected chi connectivity index (χ1v) is 18.4. The van der Waals surface area contributed by atoms with E-state index in [9.17, 15) is 5.26 Å². The fraction of sp³-hybridized carbons (Fsp3) is 0. The second-order valence-electron chi connectivity index (χ2n) is 13.5. The number of benzene rings is 7. The van der Waals surface area contributed by atoms with Crippen LogP contribution < -0.4 is 0 Å². The fourth-order valence-electron chi connectivity index (χ4n) is 7.01. The van der Waals surface area contributed by atoms with E-state index in [1.165, 1.54) is 0 Å². The van der Waals surface area contributed by atoms with Crippen LogP contribution in [0.5, 0.6) is 0 Å². The molecule has 0 saturated heterocycles. The van der Waals surface area contributed by atoms with Crippen LogP contribution in [-0.2, 0) is 0 Å². The lowest BCUT2D eigenvalue weighted by Gasteiger charge is -2.10. The van der Waals surface area contributed by atoms with Crippen LogP contribution in [-0.4, -0.2) is 29.9 Å². The van der Waals surface area contributed by atoms with Crippen molar-refractivity contribution in [2.75, 3.05) is 0 Å². The third-order valence-electron chi connectivity index (χ3n) is 9.83. The second kappa shape index (κ2) is 14.3. The molecule has 266 valence electrons. The Hall–Kier alpha value is -8.15. The van der Waals surface area contributed by atoms with E-state index in [0.29, 0.717) is 51.7 Å². The van der Waals surface area contributed by atoms with Gasteiger partial charge in [-0.2, -0.15) is 5.26 Å². The van der Waals surface area contributed by atoms with Crippen LogP contribution in [0, 0.1) is 11.3 Å². The van der Waals surface area contributed by atoms with Gasteiger partial charge in [0.2, 0.25) is 0 Å². The average molecular weight is 732 g/mol. The van der Waals surface area contributed by atoms with Gasteiger partial charge in [0, 0.05) is 44.2 Å². The molecule has 0 atom stereocenters. The molecule has 0 unspecified atom stereocenters. The number of nitrogens with zero attached hydrogens (tertiary/aromatic N) is 7. The number of furan rings is 1. The summed E-state index contributed by atoms with van der Waals surface area (Å²) in [5.41, 5.74) is 9.12. The van der Waals surface area contributed by atoms with Crippen LogP contribution >= 0.6 is 0 Å². The monoisotopic (exact) mass is 731 g/mol. The van der Waals surface area contributed by atoms with Crippen molar-refractivity contribution in [3.63, 3.8) is 0 Å². The Morgan fingerprint density at radius 2 is 0.807 bits per heavy atom. The average Bonchev–Trinajstić information content (AvgIpc) is 3.68. The minimum absolute atomic E-state index is 0.518. The van der Waals surface area contributed by atoms with E-state index >= 15 is 0 Å². The van der Waals surface area contributed by atoms with Gasteiger partial charge in [-0.05, 0) is 41.5 Å². The minimum Gasteiger partial charge on any atom is -0.456 e. The number of aromatic nitrogens is 6. The zero-order valence-electron chi connectivity index (χ0n) is 30.3. The highest BCUT2D eigenvalue weighted by molar-refractivity contribution is 6.12. The first-order chi connectivity index (χ1) is 28.2. The summed E-state index contributed by atoms with van der Waals surface area (Å²) in [4.78, 5) is 29.8. The quantitative estimate of drug-likeness (QED) is 0.159. The van der Waals surface area contributed by atoms with Gasteiger partial charge in [0.25, 0.3) is 0 Å². The molecule has 8 heteroatoms. The standard InChI is InChI=1S/C49H29N7O/c50-30-31-12-10-19-37(28-31)32-22-24-36(25-23-32)47-51-44(33-13-4-1-5-14-33)53-48(54-47)38-26-27-39-42(29-38)57-41-21-11-20-40(43(39)41)49-55-45(34-15-6-2-7-16-34)52-46(56-49)35-17-8-3-9-18-35/h1-29H. The molecule has 0 aliphatic carbocycles. The van der Waals surface area contributed by atoms with Crippen molar-refractivity contribution in [3.8, 4) is 85.5 Å². The first kappa shape index (κ1) is 33.4. The first-order valence-electron chi connectivity index (χ1n) is 18.4. The third kappa shape index (κ3) is 6.45. The number of nitriles is 1. The van der Waals surface area contributed by atoms with E-state index in [4.69, 9.17) is 34.3 Å². The van der Waals surface area contributed by atoms with E-state index in [1.54, 1.807) is 6.07 Å². The van der Waals surface area contributed by atoms with Crippen LogP contribution in [0.4, 0.5) is 0 Å². The number of rotatable bonds is 7. The summed E-state index contributed by atoms with van der Waals surface area (Å²) in [6.07, 6.45) is 0. The smallest absolute Gasteiger partial charge is 0.164 e. The molecule has 0 saturated carbocycles. The summed E-state index contributed by atoms with van der Waals surface area (Å²) in [5, 5.41) is 11.2. The Balaban J connectivity index is 1.08. The highest BCUT2D eigenvalue weighted by atomic mass is 16.3. The zero-order chi connectivity index (χ0) is 38.1. The third-order valence-corrected chi connectivity index (χ3v) is 9.83. The SMILES string of the molecule is N#Cc1cccc(-c2ccc(-c3nc(-c4ccccc4)nc(-c4ccc5c(c4)oc4cccc(-c6nc(-c7ccccc7)nc(-c7ccccc7)n6)c45)n3)cc2)c1. The number of hydrogen-bond donors (Lipinski definition) is 0. The molecule has 0 N–H and O–H groups in total. The topological polar surface area (TPSA) is 114 Å². The van der Waals surface area contributed by atoms with Gasteiger partial charge in [0.15, 0.2) is 34.9 Å². The summed E-state index contributed by atoms with van der Waals surface area (Å²) in [5.74, 6) is 3.36. The lowest BCUT2D eigenvalue weighted by Crippen LogP contribution is -2.00. The van der Waals surface area contributed by atoms with E-state index in [1.807, 2.05) is 170 Å². The van der Waals surface area contributed by atoms with Gasteiger partial charge in [0.1, 0.15) is 11.2 Å². The van der Waals surface area contributed by atoms with Gasteiger partial charge in [-0.3, -0.25) is 0 Å². The molecule has 0 radical (unpaired) electrons.